The molecule has 1 aliphatic heterocycles. The van der Waals surface area contributed by atoms with Crippen molar-refractivity contribution in [2.75, 3.05) is 12.8 Å². The first kappa shape index (κ1) is 20.3. The molecular weight excluding hydrogens is 402 g/mol. The minimum Gasteiger partial charge on any atom is -0.387 e. The van der Waals surface area contributed by atoms with E-state index >= 15 is 0 Å². The van der Waals surface area contributed by atoms with Crippen LogP contribution in [0.25, 0.3) is 11.2 Å². The van der Waals surface area contributed by atoms with Crippen molar-refractivity contribution in [1.82, 2.24) is 19.5 Å². The Bertz CT molecular complexity index is 1110. The van der Waals surface area contributed by atoms with Crippen LogP contribution >= 0.6 is 0 Å². The minimum absolute atomic E-state index is 0.205. The lowest BCUT2D eigenvalue weighted by molar-refractivity contribution is -0.183. The molecule has 2 aliphatic rings. The molecule has 1 aromatic carbocycles. The Morgan fingerprint density at radius 1 is 1.23 bits per heavy atom. The Labute approximate surface area is 178 Å². The van der Waals surface area contributed by atoms with Crippen molar-refractivity contribution in [3.8, 4) is 0 Å². The molecule has 31 heavy (non-hydrogen) atoms. The molecule has 6 atom stereocenters. The number of anilines is 1. The number of fused-ring (bicyclic) bond motifs is 2. The van der Waals surface area contributed by atoms with Crippen molar-refractivity contribution >= 4 is 17.0 Å². The predicted octanol–water partition coefficient (Wildman–Crippen LogP) is 0.267. The summed E-state index contributed by atoms with van der Waals surface area (Å²) in [6.45, 7) is 0. The molecular formula is C21H25N5O5. The van der Waals surface area contributed by atoms with Gasteiger partial charge in [0.25, 0.3) is 0 Å². The zero-order chi connectivity index (χ0) is 21.8. The van der Waals surface area contributed by atoms with E-state index in [4.69, 9.17) is 15.2 Å². The van der Waals surface area contributed by atoms with E-state index in [0.29, 0.717) is 17.6 Å². The summed E-state index contributed by atoms with van der Waals surface area (Å²) in [5.41, 5.74) is 7.03. The van der Waals surface area contributed by atoms with Crippen LogP contribution in [0.5, 0.6) is 0 Å². The molecule has 0 radical (unpaired) electrons. The number of nitrogens with zero attached hydrogens (tertiary/aromatic N) is 4. The first-order valence-electron chi connectivity index (χ1n) is 10.2. The molecule has 0 saturated carbocycles. The van der Waals surface area contributed by atoms with Gasteiger partial charge in [-0.1, -0.05) is 24.3 Å². The average Bonchev–Trinajstić information content (AvgIpc) is 3.32. The number of nitrogens with two attached hydrogens (primary N) is 1. The fourth-order valence-corrected chi connectivity index (χ4v) is 4.96. The lowest BCUT2D eigenvalue weighted by atomic mass is 9.73. The number of benzene rings is 1. The molecule has 3 heterocycles. The summed E-state index contributed by atoms with van der Waals surface area (Å²) in [5, 5.41) is 33.4. The highest BCUT2D eigenvalue weighted by Gasteiger charge is 2.55. The normalized spacial score (nSPS) is 31.6. The van der Waals surface area contributed by atoms with Gasteiger partial charge in [-0.05, 0) is 30.4 Å². The molecule has 5 N–H and O–H groups in total. The van der Waals surface area contributed by atoms with Gasteiger partial charge in [0.05, 0.1) is 6.33 Å². The largest absolute Gasteiger partial charge is 0.387 e. The van der Waals surface area contributed by atoms with Crippen molar-refractivity contribution in [3.63, 3.8) is 0 Å². The van der Waals surface area contributed by atoms with Crippen LogP contribution in [-0.4, -0.2) is 66.4 Å². The Kier molecular flexibility index (Phi) is 4.91. The summed E-state index contributed by atoms with van der Waals surface area (Å²) in [6, 6.07) is 7.66. The second kappa shape index (κ2) is 7.50. The van der Waals surface area contributed by atoms with E-state index < -0.39 is 36.2 Å². The second-order valence-corrected chi connectivity index (χ2v) is 8.15. The van der Waals surface area contributed by atoms with Gasteiger partial charge in [0.15, 0.2) is 17.7 Å². The van der Waals surface area contributed by atoms with Gasteiger partial charge in [-0.25, -0.2) is 15.0 Å². The molecule has 5 rings (SSSR count). The SMILES string of the molecule is COC([C@H]1O[C@@H](n2cnc3c(N)ncnc32)[C@H](O)[C@@H]1O)C1(O)CCCc2ccccc21. The maximum Gasteiger partial charge on any atom is 0.167 e. The van der Waals surface area contributed by atoms with Crippen LogP contribution in [0.3, 0.4) is 0 Å². The fraction of sp³-hybridized carbons (Fsp3) is 0.476. The quantitative estimate of drug-likeness (QED) is 0.460. The highest BCUT2D eigenvalue weighted by molar-refractivity contribution is 5.81. The smallest absolute Gasteiger partial charge is 0.167 e. The summed E-state index contributed by atoms with van der Waals surface area (Å²) in [6.07, 6.45) is -0.664. The number of methoxy groups -OCH3 is 1. The third-order valence-corrected chi connectivity index (χ3v) is 6.45. The van der Waals surface area contributed by atoms with Gasteiger partial charge in [-0.3, -0.25) is 4.57 Å². The summed E-state index contributed by atoms with van der Waals surface area (Å²) in [5.74, 6) is 0.205. The Hall–Kier alpha value is -2.63. The summed E-state index contributed by atoms with van der Waals surface area (Å²) >= 11 is 0. The molecule has 1 aliphatic carbocycles. The van der Waals surface area contributed by atoms with Crippen LogP contribution in [0.2, 0.25) is 0 Å². The van der Waals surface area contributed by atoms with E-state index in [2.05, 4.69) is 15.0 Å². The van der Waals surface area contributed by atoms with Crippen LogP contribution in [0.15, 0.2) is 36.9 Å². The number of aryl methyl sites for hydroxylation is 1. The standard InChI is InChI=1S/C21H25N5O5/c1-30-17(21(29)8-4-6-11-5-2-3-7-12(11)21)16-14(27)15(28)20(31-16)26-10-25-13-18(22)23-9-24-19(13)26/h2-3,5,7,9-10,14-17,20,27-29H,4,6,8H2,1H3,(H2,22,23,24)/t14-,15+,16-,17?,20+,21?/m0/s1. The van der Waals surface area contributed by atoms with Gasteiger partial charge in [-0.2, -0.15) is 0 Å². The Morgan fingerprint density at radius 2 is 2.03 bits per heavy atom. The van der Waals surface area contributed by atoms with Gasteiger partial charge < -0.3 is 30.5 Å². The molecule has 0 spiro atoms. The predicted molar refractivity (Wildman–Crippen MR) is 110 cm³/mol. The number of nitrogen functional groups attached to an aromatic ring is 1. The monoisotopic (exact) mass is 427 g/mol. The van der Waals surface area contributed by atoms with Gasteiger partial charge in [0.1, 0.15) is 41.9 Å². The Morgan fingerprint density at radius 3 is 2.84 bits per heavy atom. The van der Waals surface area contributed by atoms with E-state index in [1.54, 1.807) is 0 Å². The fourth-order valence-electron chi connectivity index (χ4n) is 4.96. The topological polar surface area (TPSA) is 149 Å². The molecule has 1 fully saturated rings. The van der Waals surface area contributed by atoms with E-state index in [9.17, 15) is 15.3 Å². The van der Waals surface area contributed by atoms with E-state index in [1.807, 2.05) is 24.3 Å². The summed E-state index contributed by atoms with van der Waals surface area (Å²) < 4.78 is 13.3. The molecule has 3 aromatic rings. The van der Waals surface area contributed by atoms with Crippen LogP contribution in [0, 0.1) is 0 Å². The third kappa shape index (κ3) is 3.02. The molecule has 10 nitrogen and oxygen atoms in total. The third-order valence-electron chi connectivity index (χ3n) is 6.45. The molecule has 2 unspecified atom stereocenters. The van der Waals surface area contributed by atoms with Crippen molar-refractivity contribution in [3.05, 3.63) is 48.0 Å². The van der Waals surface area contributed by atoms with Crippen molar-refractivity contribution in [2.24, 2.45) is 0 Å². The number of imidazole rings is 1. The van der Waals surface area contributed by atoms with E-state index in [0.717, 1.165) is 24.0 Å². The van der Waals surface area contributed by atoms with Gasteiger partial charge in [-0.15, -0.1) is 0 Å². The highest BCUT2D eigenvalue weighted by Crippen LogP contribution is 2.44. The first-order valence-corrected chi connectivity index (χ1v) is 10.2. The Balaban J connectivity index is 1.51. The van der Waals surface area contributed by atoms with Crippen LogP contribution in [0.1, 0.15) is 30.2 Å². The van der Waals surface area contributed by atoms with E-state index in [1.165, 1.54) is 24.3 Å². The number of rotatable bonds is 4. The number of aromatic nitrogens is 4. The van der Waals surface area contributed by atoms with Crippen molar-refractivity contribution < 1.29 is 24.8 Å². The van der Waals surface area contributed by atoms with Crippen molar-refractivity contribution in [2.45, 2.75) is 55.5 Å². The first-order chi connectivity index (χ1) is 15.0. The van der Waals surface area contributed by atoms with Crippen molar-refractivity contribution in [1.29, 1.82) is 0 Å². The maximum atomic E-state index is 11.7. The lowest BCUT2D eigenvalue weighted by Crippen LogP contribution is -2.53. The van der Waals surface area contributed by atoms with E-state index in [-0.39, 0.29) is 5.82 Å². The number of aliphatic hydroxyl groups excluding tert-OH is 2. The number of hydrogen-bond donors (Lipinski definition) is 4. The molecule has 10 heteroatoms. The van der Waals surface area contributed by atoms with Crippen LogP contribution in [-0.2, 0) is 21.5 Å². The molecule has 164 valence electrons. The maximum absolute atomic E-state index is 11.7. The minimum atomic E-state index is -1.37. The number of aliphatic hydroxyl groups is 3. The van der Waals surface area contributed by atoms with Gasteiger partial charge in [0, 0.05) is 7.11 Å². The number of hydrogen-bond acceptors (Lipinski definition) is 9. The van der Waals surface area contributed by atoms with Crippen LogP contribution in [0.4, 0.5) is 5.82 Å². The molecule has 2 aromatic heterocycles. The lowest BCUT2D eigenvalue weighted by Gasteiger charge is -2.42. The average molecular weight is 427 g/mol. The van der Waals surface area contributed by atoms with Gasteiger partial charge >= 0.3 is 0 Å². The summed E-state index contributed by atoms with van der Waals surface area (Å²) in [4.78, 5) is 12.3. The number of ether oxygens (including phenoxy) is 2. The zero-order valence-electron chi connectivity index (χ0n) is 17.0. The molecule has 0 bridgehead atoms. The summed E-state index contributed by atoms with van der Waals surface area (Å²) in [7, 11) is 1.47. The second-order valence-electron chi connectivity index (χ2n) is 8.15. The molecule has 0 amide bonds. The van der Waals surface area contributed by atoms with Crippen LogP contribution < -0.4 is 5.73 Å². The highest BCUT2D eigenvalue weighted by atomic mass is 16.6. The van der Waals surface area contributed by atoms with Gasteiger partial charge in [0.2, 0.25) is 0 Å². The molecule has 1 saturated heterocycles. The zero-order valence-corrected chi connectivity index (χ0v) is 17.0.